The van der Waals surface area contributed by atoms with Gasteiger partial charge in [-0.3, -0.25) is 14.9 Å². The number of hydrogen-bond donors (Lipinski definition) is 1. The Labute approximate surface area is 162 Å². The van der Waals surface area contributed by atoms with Gasteiger partial charge in [-0.15, -0.1) is 0 Å². The molecule has 0 aliphatic carbocycles. The van der Waals surface area contributed by atoms with E-state index in [4.69, 9.17) is 11.6 Å². The number of non-ortho nitro benzene ring substituents is 1. The van der Waals surface area contributed by atoms with E-state index in [9.17, 15) is 23.3 Å². The molecule has 0 saturated carbocycles. The van der Waals surface area contributed by atoms with E-state index in [2.05, 4.69) is 5.32 Å². The number of benzene rings is 2. The normalized spacial score (nSPS) is 11.5. The summed E-state index contributed by atoms with van der Waals surface area (Å²) in [5.74, 6) is -0.675. The molecule has 0 aliphatic rings. The third-order valence-corrected chi connectivity index (χ3v) is 6.20. The number of rotatable bonds is 5. The van der Waals surface area contributed by atoms with E-state index in [0.29, 0.717) is 11.1 Å². The molecule has 0 radical (unpaired) electrons. The summed E-state index contributed by atoms with van der Waals surface area (Å²) in [6.07, 6.45) is 0. The summed E-state index contributed by atoms with van der Waals surface area (Å²) in [6, 6.07) is 6.39. The molecule has 2 aromatic carbocycles. The second-order valence-electron chi connectivity index (χ2n) is 6.08. The molecule has 144 valence electrons. The fourth-order valence-corrected chi connectivity index (χ4v) is 3.52. The van der Waals surface area contributed by atoms with Crippen LogP contribution in [0, 0.1) is 24.0 Å². The predicted octanol–water partition coefficient (Wildman–Crippen LogP) is 3.37. The van der Waals surface area contributed by atoms with Crippen molar-refractivity contribution in [3.8, 4) is 0 Å². The average Bonchev–Trinajstić information content (AvgIpc) is 2.58. The van der Waals surface area contributed by atoms with Crippen LogP contribution in [0.15, 0.2) is 35.2 Å². The number of nitrogens with zero attached hydrogens (tertiary/aromatic N) is 2. The lowest BCUT2D eigenvalue weighted by Gasteiger charge is -2.16. The Morgan fingerprint density at radius 2 is 1.81 bits per heavy atom. The number of halogens is 1. The summed E-state index contributed by atoms with van der Waals surface area (Å²) in [4.78, 5) is 22.9. The van der Waals surface area contributed by atoms with E-state index in [1.54, 1.807) is 13.8 Å². The van der Waals surface area contributed by atoms with Gasteiger partial charge in [-0.25, -0.2) is 12.7 Å². The molecule has 10 heteroatoms. The largest absolute Gasteiger partial charge is 0.322 e. The number of nitro benzene ring substituents is 1. The summed E-state index contributed by atoms with van der Waals surface area (Å²) in [6.45, 7) is 3.45. The minimum absolute atomic E-state index is 0.0241. The van der Waals surface area contributed by atoms with Gasteiger partial charge in [0.15, 0.2) is 0 Å². The first-order chi connectivity index (χ1) is 12.4. The van der Waals surface area contributed by atoms with Gasteiger partial charge in [0.2, 0.25) is 10.0 Å². The zero-order valence-electron chi connectivity index (χ0n) is 15.1. The molecule has 0 bridgehead atoms. The number of anilines is 1. The van der Waals surface area contributed by atoms with Crippen molar-refractivity contribution >= 4 is 38.9 Å². The Balaban J connectivity index is 2.49. The monoisotopic (exact) mass is 411 g/mol. The Bertz CT molecular complexity index is 1040. The van der Waals surface area contributed by atoms with E-state index in [1.807, 2.05) is 0 Å². The molecule has 1 N–H and O–H groups in total. The SMILES string of the molecule is Cc1cc(S(=O)(=O)N(C)C)cc(NC(=O)c2cc([N+](=O)[O-])ccc2Cl)c1C. The minimum atomic E-state index is -3.70. The summed E-state index contributed by atoms with van der Waals surface area (Å²) >= 11 is 5.99. The molecular weight excluding hydrogens is 394 g/mol. The fourth-order valence-electron chi connectivity index (χ4n) is 2.31. The maximum Gasteiger partial charge on any atom is 0.270 e. The van der Waals surface area contributed by atoms with Gasteiger partial charge in [0.05, 0.1) is 20.4 Å². The lowest BCUT2D eigenvalue weighted by molar-refractivity contribution is -0.384. The number of carbonyl (C=O) groups excluding carboxylic acids is 1. The fraction of sp³-hybridized carbons (Fsp3) is 0.235. The van der Waals surface area contributed by atoms with Crippen molar-refractivity contribution in [1.82, 2.24) is 4.31 Å². The zero-order valence-corrected chi connectivity index (χ0v) is 16.7. The van der Waals surface area contributed by atoms with Crippen molar-refractivity contribution in [1.29, 1.82) is 0 Å². The molecule has 0 saturated heterocycles. The maximum absolute atomic E-state index is 12.6. The van der Waals surface area contributed by atoms with E-state index in [1.165, 1.54) is 38.4 Å². The van der Waals surface area contributed by atoms with Crippen LogP contribution in [-0.4, -0.2) is 37.6 Å². The highest BCUT2D eigenvalue weighted by atomic mass is 35.5. The highest BCUT2D eigenvalue weighted by molar-refractivity contribution is 7.89. The molecule has 27 heavy (non-hydrogen) atoms. The molecule has 0 spiro atoms. The van der Waals surface area contributed by atoms with Gasteiger partial charge in [-0.2, -0.15) is 0 Å². The molecule has 0 aromatic heterocycles. The summed E-state index contributed by atoms with van der Waals surface area (Å²) in [5, 5.41) is 13.6. The van der Waals surface area contributed by atoms with Crippen LogP contribution in [0.2, 0.25) is 5.02 Å². The molecule has 1 amide bonds. The van der Waals surface area contributed by atoms with Gasteiger partial charge in [0.1, 0.15) is 0 Å². The highest BCUT2D eigenvalue weighted by Gasteiger charge is 2.21. The first-order valence-corrected chi connectivity index (χ1v) is 9.56. The Morgan fingerprint density at radius 3 is 2.37 bits per heavy atom. The number of hydrogen-bond acceptors (Lipinski definition) is 5. The van der Waals surface area contributed by atoms with Crippen LogP contribution >= 0.6 is 11.6 Å². The lowest BCUT2D eigenvalue weighted by atomic mass is 10.1. The second-order valence-corrected chi connectivity index (χ2v) is 8.63. The average molecular weight is 412 g/mol. The van der Waals surface area contributed by atoms with Gasteiger partial charge in [-0.05, 0) is 43.2 Å². The van der Waals surface area contributed by atoms with Crippen molar-refractivity contribution in [3.05, 3.63) is 62.2 Å². The maximum atomic E-state index is 12.6. The first-order valence-electron chi connectivity index (χ1n) is 7.74. The smallest absolute Gasteiger partial charge is 0.270 e. The van der Waals surface area contributed by atoms with Gasteiger partial charge in [0.25, 0.3) is 11.6 Å². The number of aryl methyl sites for hydroxylation is 1. The number of sulfonamides is 1. The zero-order chi connectivity index (χ0) is 20.5. The third-order valence-electron chi connectivity index (χ3n) is 4.07. The van der Waals surface area contributed by atoms with Gasteiger partial charge in [0, 0.05) is 31.9 Å². The molecule has 0 heterocycles. The van der Waals surface area contributed by atoms with Crippen molar-refractivity contribution in [2.75, 3.05) is 19.4 Å². The molecule has 2 aromatic rings. The standard InChI is InChI=1S/C17H18ClN3O5S/c1-10-7-13(27(25,26)20(3)4)9-16(11(10)2)19-17(22)14-8-12(21(23)24)5-6-15(14)18/h5-9H,1-4H3,(H,19,22). The highest BCUT2D eigenvalue weighted by Crippen LogP contribution is 2.28. The lowest BCUT2D eigenvalue weighted by Crippen LogP contribution is -2.23. The molecule has 0 aliphatic heterocycles. The van der Waals surface area contributed by atoms with Gasteiger partial charge < -0.3 is 5.32 Å². The molecule has 0 fully saturated rings. The summed E-state index contributed by atoms with van der Waals surface area (Å²) in [5.41, 5.74) is 1.26. The Kier molecular flexibility index (Phi) is 5.88. The Morgan fingerprint density at radius 1 is 1.19 bits per heavy atom. The van der Waals surface area contributed by atoms with E-state index < -0.39 is 20.9 Å². The second kappa shape index (κ2) is 7.63. The van der Waals surface area contributed by atoms with Crippen LogP contribution in [-0.2, 0) is 10.0 Å². The van der Waals surface area contributed by atoms with E-state index in [0.717, 1.165) is 10.4 Å². The quantitative estimate of drug-likeness (QED) is 0.599. The van der Waals surface area contributed by atoms with Gasteiger partial charge >= 0.3 is 0 Å². The summed E-state index contributed by atoms with van der Waals surface area (Å²) in [7, 11) is -0.882. The minimum Gasteiger partial charge on any atom is -0.322 e. The van der Waals surface area contributed by atoms with Crippen LogP contribution in [0.1, 0.15) is 21.5 Å². The molecule has 2 rings (SSSR count). The van der Waals surface area contributed by atoms with E-state index >= 15 is 0 Å². The van der Waals surface area contributed by atoms with Crippen molar-refractivity contribution in [3.63, 3.8) is 0 Å². The topological polar surface area (TPSA) is 110 Å². The van der Waals surface area contributed by atoms with Crippen molar-refractivity contribution in [2.45, 2.75) is 18.7 Å². The number of nitrogens with one attached hydrogen (secondary N) is 1. The van der Waals surface area contributed by atoms with Crippen molar-refractivity contribution < 1.29 is 18.1 Å². The summed E-state index contributed by atoms with van der Waals surface area (Å²) < 4.78 is 25.9. The van der Waals surface area contributed by atoms with Crippen LogP contribution in [0.25, 0.3) is 0 Å². The van der Waals surface area contributed by atoms with E-state index in [-0.39, 0.29) is 26.9 Å². The Hall–Kier alpha value is -2.49. The number of amides is 1. The van der Waals surface area contributed by atoms with Crippen LogP contribution in [0.4, 0.5) is 11.4 Å². The molecule has 0 unspecified atom stereocenters. The molecule has 8 nitrogen and oxygen atoms in total. The number of nitro groups is 1. The van der Waals surface area contributed by atoms with Crippen LogP contribution in [0.5, 0.6) is 0 Å². The first kappa shape index (κ1) is 20.8. The molecule has 0 atom stereocenters. The van der Waals surface area contributed by atoms with Crippen molar-refractivity contribution in [2.24, 2.45) is 0 Å². The number of carbonyl (C=O) groups is 1. The van der Waals surface area contributed by atoms with Gasteiger partial charge in [-0.1, -0.05) is 11.6 Å². The van der Waals surface area contributed by atoms with Crippen LogP contribution in [0.3, 0.4) is 0 Å². The predicted molar refractivity (Wildman–Crippen MR) is 103 cm³/mol. The third kappa shape index (κ3) is 4.26. The molecular formula is C17H18ClN3O5S. The van der Waals surface area contributed by atoms with Crippen LogP contribution < -0.4 is 5.32 Å².